The van der Waals surface area contributed by atoms with Gasteiger partial charge in [-0.3, -0.25) is 19.3 Å². The number of hydrogen-bond acceptors (Lipinski definition) is 7. The number of aryl methyl sites for hydroxylation is 1. The van der Waals surface area contributed by atoms with Crippen LogP contribution >= 0.6 is 0 Å². The number of pyridine rings is 1. The first-order valence-corrected chi connectivity index (χ1v) is 13.7. The third-order valence-electron chi connectivity index (χ3n) is 7.44. The number of hydrogen-bond donors (Lipinski definition) is 2. The molecule has 0 atom stereocenters. The number of carbonyl (C=O) groups excluding carboxylic acids is 1. The summed E-state index contributed by atoms with van der Waals surface area (Å²) >= 11 is 0. The fourth-order valence-electron chi connectivity index (χ4n) is 5.21. The Morgan fingerprint density at radius 3 is 2.38 bits per heavy atom. The molecule has 12 heteroatoms. The predicted molar refractivity (Wildman–Crippen MR) is 153 cm³/mol. The van der Waals surface area contributed by atoms with Crippen molar-refractivity contribution in [3.05, 3.63) is 87.8 Å². The minimum Gasteiger partial charge on any atom is -0.324 e. The van der Waals surface area contributed by atoms with E-state index in [1.807, 2.05) is 48.5 Å². The lowest BCUT2D eigenvalue weighted by Gasteiger charge is -2.32. The summed E-state index contributed by atoms with van der Waals surface area (Å²) in [4.78, 5) is 40.9. The zero-order chi connectivity index (χ0) is 29.9. The molecular weight excluding hydrogens is 549 g/mol. The fraction of sp³-hybridized carbons (Fsp3) is 0.333. The summed E-state index contributed by atoms with van der Waals surface area (Å²) in [6.45, 7) is 2.00. The highest BCUT2D eigenvalue weighted by Gasteiger charge is 2.32. The molecule has 2 aromatic heterocycles. The second-order valence-corrected chi connectivity index (χ2v) is 10.2. The average Bonchev–Trinajstić information content (AvgIpc) is 2.98. The number of nitrogens with zero attached hydrogens (tertiary/aromatic N) is 4. The van der Waals surface area contributed by atoms with Crippen molar-refractivity contribution in [3.8, 4) is 5.69 Å². The number of nitrogens with one attached hydrogen (secondary N) is 2. The predicted octanol–water partition coefficient (Wildman–Crippen LogP) is 5.12. The smallest absolute Gasteiger partial charge is 0.324 e. The highest BCUT2D eigenvalue weighted by atomic mass is 19.4. The molecule has 4 aromatic rings. The SMILES string of the molecule is CCc1ccc(-n2cc(C(=O)NOC)c(=O)c3cnc(Nc4ccc(C5CCN(CC(F)(F)F)CC5)cc4)nc32)cc1. The first kappa shape index (κ1) is 29.2. The Hall–Kier alpha value is -4.29. The standard InChI is InChI=1S/C30H31F3N6O3/c1-3-19-4-10-23(11-5-19)39-17-25(28(41)37-42-2)26(40)24-16-34-29(36-27(24)39)35-22-8-6-20(7-9-22)21-12-14-38(15-13-21)18-30(31,32)33/h4-11,16-17,21H,3,12-15,18H2,1-2H3,(H,37,41)(H,34,35,36). The summed E-state index contributed by atoms with van der Waals surface area (Å²) in [7, 11) is 1.29. The molecule has 1 aliphatic rings. The van der Waals surface area contributed by atoms with Crippen LogP contribution in [0.25, 0.3) is 16.7 Å². The van der Waals surface area contributed by atoms with E-state index in [1.54, 1.807) is 4.57 Å². The number of hydroxylamine groups is 1. The molecule has 0 bridgehead atoms. The molecule has 2 aromatic carbocycles. The number of carbonyl (C=O) groups is 1. The summed E-state index contributed by atoms with van der Waals surface area (Å²) in [5.41, 5.74) is 5.49. The van der Waals surface area contributed by atoms with Gasteiger partial charge in [-0.25, -0.2) is 10.5 Å². The first-order chi connectivity index (χ1) is 20.1. The van der Waals surface area contributed by atoms with Gasteiger partial charge in [-0.2, -0.15) is 18.2 Å². The molecule has 0 radical (unpaired) electrons. The molecule has 1 aliphatic heterocycles. The largest absolute Gasteiger partial charge is 0.401 e. The van der Waals surface area contributed by atoms with Gasteiger partial charge in [0.05, 0.1) is 19.0 Å². The third-order valence-corrected chi connectivity index (χ3v) is 7.44. The van der Waals surface area contributed by atoms with Crippen LogP contribution in [-0.4, -0.2) is 58.3 Å². The van der Waals surface area contributed by atoms with Gasteiger partial charge in [-0.05, 0) is 73.7 Å². The van der Waals surface area contributed by atoms with E-state index in [1.165, 1.54) is 24.4 Å². The van der Waals surface area contributed by atoms with Crippen LogP contribution in [0.15, 0.2) is 65.7 Å². The van der Waals surface area contributed by atoms with Crippen LogP contribution in [0.2, 0.25) is 0 Å². The molecule has 0 spiro atoms. The molecular formula is C30H31F3N6O3. The van der Waals surface area contributed by atoms with Crippen molar-refractivity contribution in [2.45, 2.75) is 38.3 Å². The first-order valence-electron chi connectivity index (χ1n) is 13.7. The molecule has 9 nitrogen and oxygen atoms in total. The number of likely N-dealkylation sites (tertiary alicyclic amines) is 1. The molecule has 5 rings (SSSR count). The average molecular weight is 581 g/mol. The normalized spacial score (nSPS) is 14.7. The maximum atomic E-state index is 13.2. The van der Waals surface area contributed by atoms with E-state index in [0.717, 1.165) is 17.5 Å². The highest BCUT2D eigenvalue weighted by Crippen LogP contribution is 2.31. The van der Waals surface area contributed by atoms with Crippen LogP contribution in [0.4, 0.5) is 24.8 Å². The number of alkyl halides is 3. The van der Waals surface area contributed by atoms with Crippen LogP contribution in [0.3, 0.4) is 0 Å². The molecule has 3 heterocycles. The van der Waals surface area contributed by atoms with Gasteiger partial charge in [-0.1, -0.05) is 31.2 Å². The molecule has 1 fully saturated rings. The van der Waals surface area contributed by atoms with E-state index in [2.05, 4.69) is 27.7 Å². The lowest BCUT2D eigenvalue weighted by Crippen LogP contribution is -2.39. The molecule has 0 unspecified atom stereocenters. The molecule has 0 aliphatic carbocycles. The van der Waals surface area contributed by atoms with Gasteiger partial charge in [0.15, 0.2) is 5.65 Å². The monoisotopic (exact) mass is 580 g/mol. The van der Waals surface area contributed by atoms with Gasteiger partial charge in [0.2, 0.25) is 11.4 Å². The Kier molecular flexibility index (Phi) is 8.55. The lowest BCUT2D eigenvalue weighted by molar-refractivity contribution is -0.147. The molecule has 0 saturated carbocycles. The molecule has 1 saturated heterocycles. The van der Waals surface area contributed by atoms with Crippen molar-refractivity contribution >= 4 is 28.6 Å². The van der Waals surface area contributed by atoms with Gasteiger partial charge in [-0.15, -0.1) is 0 Å². The van der Waals surface area contributed by atoms with E-state index in [0.29, 0.717) is 43.0 Å². The quantitative estimate of drug-likeness (QED) is 0.279. The highest BCUT2D eigenvalue weighted by molar-refractivity contribution is 5.96. The fourth-order valence-corrected chi connectivity index (χ4v) is 5.21. The van der Waals surface area contributed by atoms with Gasteiger partial charge in [0.25, 0.3) is 5.91 Å². The van der Waals surface area contributed by atoms with Gasteiger partial charge < -0.3 is 9.88 Å². The summed E-state index contributed by atoms with van der Waals surface area (Å²) in [6, 6.07) is 15.4. The molecule has 1 amide bonds. The maximum absolute atomic E-state index is 13.2. The topological polar surface area (TPSA) is 101 Å². The molecule has 2 N–H and O–H groups in total. The zero-order valence-corrected chi connectivity index (χ0v) is 23.2. The number of benzene rings is 2. The third kappa shape index (κ3) is 6.60. The van der Waals surface area contributed by atoms with E-state index in [9.17, 15) is 22.8 Å². The van der Waals surface area contributed by atoms with Crippen LogP contribution < -0.4 is 16.2 Å². The molecule has 220 valence electrons. The summed E-state index contributed by atoms with van der Waals surface area (Å²) < 4.78 is 39.8. The van der Waals surface area contributed by atoms with Crippen molar-refractivity contribution in [3.63, 3.8) is 0 Å². The second kappa shape index (κ2) is 12.3. The molecule has 42 heavy (non-hydrogen) atoms. The van der Waals surface area contributed by atoms with E-state index >= 15 is 0 Å². The van der Waals surface area contributed by atoms with Crippen LogP contribution in [0.1, 0.15) is 47.2 Å². The summed E-state index contributed by atoms with van der Waals surface area (Å²) in [5, 5.41) is 3.33. The van der Waals surface area contributed by atoms with Crippen LogP contribution in [0, 0.1) is 0 Å². The van der Waals surface area contributed by atoms with Crippen LogP contribution in [0.5, 0.6) is 0 Å². The Morgan fingerprint density at radius 1 is 1.07 bits per heavy atom. The number of fused-ring (bicyclic) bond motifs is 1. The van der Waals surface area contributed by atoms with E-state index < -0.39 is 24.1 Å². The van der Waals surface area contributed by atoms with Crippen molar-refractivity contribution in [2.75, 3.05) is 32.1 Å². The maximum Gasteiger partial charge on any atom is 0.401 e. The number of halogens is 3. The van der Waals surface area contributed by atoms with E-state index in [-0.39, 0.29) is 22.8 Å². The number of piperidine rings is 1. The van der Waals surface area contributed by atoms with Gasteiger partial charge >= 0.3 is 6.18 Å². The van der Waals surface area contributed by atoms with Crippen LogP contribution in [-0.2, 0) is 11.3 Å². The summed E-state index contributed by atoms with van der Waals surface area (Å²) in [6.07, 6.45) is 0.830. The zero-order valence-electron chi connectivity index (χ0n) is 23.2. The Balaban J connectivity index is 1.40. The Bertz CT molecular complexity index is 1610. The van der Waals surface area contributed by atoms with Gasteiger partial charge in [0, 0.05) is 23.8 Å². The number of amides is 1. The minimum absolute atomic E-state index is 0.118. The minimum atomic E-state index is -4.18. The summed E-state index contributed by atoms with van der Waals surface area (Å²) in [5.74, 6) is -0.238. The Labute approximate surface area is 240 Å². The number of aromatic nitrogens is 3. The Morgan fingerprint density at radius 2 is 1.76 bits per heavy atom. The van der Waals surface area contributed by atoms with Gasteiger partial charge in [0.1, 0.15) is 5.56 Å². The van der Waals surface area contributed by atoms with E-state index in [4.69, 9.17) is 4.84 Å². The van der Waals surface area contributed by atoms with Crippen molar-refractivity contribution < 1.29 is 22.8 Å². The van der Waals surface area contributed by atoms with Crippen molar-refractivity contribution in [2.24, 2.45) is 0 Å². The number of anilines is 2. The van der Waals surface area contributed by atoms with Crippen molar-refractivity contribution in [1.29, 1.82) is 0 Å². The lowest BCUT2D eigenvalue weighted by atomic mass is 9.89. The number of rotatable bonds is 8. The second-order valence-electron chi connectivity index (χ2n) is 10.2. The van der Waals surface area contributed by atoms with Crippen molar-refractivity contribution in [1.82, 2.24) is 24.9 Å².